The summed E-state index contributed by atoms with van der Waals surface area (Å²) >= 11 is 0. The molecule has 1 heterocycles. The summed E-state index contributed by atoms with van der Waals surface area (Å²) in [6.45, 7) is 31.5. The molecule has 0 saturated carbocycles. The predicted molar refractivity (Wildman–Crippen MR) is 212 cm³/mol. The Hall–Kier alpha value is -2.12. The van der Waals surface area contributed by atoms with E-state index in [4.69, 9.17) is 8.85 Å². The van der Waals surface area contributed by atoms with Gasteiger partial charge in [0.05, 0.1) is 35.8 Å². The topological polar surface area (TPSA) is 111 Å². The van der Waals surface area contributed by atoms with Gasteiger partial charge in [0.2, 0.25) is 0 Å². The number of ketones is 1. The summed E-state index contributed by atoms with van der Waals surface area (Å²) < 4.78 is 15.8. The van der Waals surface area contributed by atoms with Crippen molar-refractivity contribution in [3.05, 3.63) is 41.7 Å². The lowest BCUT2D eigenvalue weighted by Crippen LogP contribution is -2.54. The molecule has 0 bridgehead atoms. The first-order chi connectivity index (χ1) is 22.6. The molecule has 0 fully saturated rings. The Morgan fingerprint density at radius 3 is 2.04 bits per heavy atom. The van der Waals surface area contributed by atoms with Crippen LogP contribution in [0.15, 0.2) is 30.4 Å². The number of aryl methyl sites for hydroxylation is 2. The number of carbonyl (C=O) groups excluding carboxylic acids is 1. The van der Waals surface area contributed by atoms with Gasteiger partial charge < -0.3 is 23.6 Å². The van der Waals surface area contributed by atoms with Gasteiger partial charge in [0.1, 0.15) is 11.6 Å². The Kier molecular flexibility index (Phi) is 14.7. The highest BCUT2D eigenvalue weighted by Gasteiger charge is 2.49. The van der Waals surface area contributed by atoms with Crippen LogP contribution in [0.5, 0.6) is 0 Å². The monoisotopic (exact) mass is 730 g/mol. The maximum Gasteiger partial charge on any atom is 0.305 e. The second-order valence-corrected chi connectivity index (χ2v) is 27.8. The van der Waals surface area contributed by atoms with E-state index in [1.807, 2.05) is 63.6 Å². The molecule has 5 atom stereocenters. The molecule has 0 saturated heterocycles. The first-order valence-electron chi connectivity index (χ1n) is 18.5. The Bertz CT molecular complexity index is 1480. The van der Waals surface area contributed by atoms with E-state index in [1.165, 1.54) is 0 Å². The molecule has 0 aliphatic rings. The predicted octanol–water partition coefficient (Wildman–Crippen LogP) is 10.2. The maximum absolute atomic E-state index is 14.5. The molecule has 8 nitrogen and oxygen atoms in total. The molecule has 10 heteroatoms. The number of Topliss-reactive ketones (excluding diaryl/α,β-unsaturated/α-hetero) is 1. The van der Waals surface area contributed by atoms with Crippen LogP contribution in [0.25, 0.3) is 11.0 Å². The number of hydrogen-bond acceptors (Lipinski definition) is 6. The fraction of sp³-hybridized carbons (Fsp3) is 0.725. The SMILES string of the molecule is Cc1nc2cc([C@@H](O)C/C=C\CCC[C@H](C)[C@H](O[Si](C)(C)C(C)(C)C)[C@@H](C)C(=O)C(C)(C)[C@H](CC(=O)O)O[Si](C)(C)C(C)(C)C)ccc2n1C. The van der Waals surface area contributed by atoms with Crippen LogP contribution < -0.4 is 0 Å². The summed E-state index contributed by atoms with van der Waals surface area (Å²) in [4.78, 5) is 31.2. The van der Waals surface area contributed by atoms with Crippen LogP contribution in [0.2, 0.25) is 36.3 Å². The van der Waals surface area contributed by atoms with E-state index in [0.717, 1.165) is 41.7 Å². The third-order valence-corrected chi connectivity index (χ3v) is 20.8. The van der Waals surface area contributed by atoms with Crippen molar-refractivity contribution < 1.29 is 28.7 Å². The second kappa shape index (κ2) is 16.7. The maximum atomic E-state index is 14.5. The van der Waals surface area contributed by atoms with Crippen molar-refractivity contribution >= 4 is 39.4 Å². The van der Waals surface area contributed by atoms with Crippen LogP contribution >= 0.6 is 0 Å². The summed E-state index contributed by atoms with van der Waals surface area (Å²) in [5.41, 5.74) is 1.79. The van der Waals surface area contributed by atoms with Gasteiger partial charge in [-0.1, -0.05) is 87.5 Å². The molecule has 0 aliphatic heterocycles. The Morgan fingerprint density at radius 1 is 0.940 bits per heavy atom. The fourth-order valence-corrected chi connectivity index (χ4v) is 8.92. The summed E-state index contributed by atoms with van der Waals surface area (Å²) in [5.74, 6) is -0.371. The van der Waals surface area contributed by atoms with E-state index >= 15 is 0 Å². The zero-order valence-electron chi connectivity index (χ0n) is 34.2. The highest BCUT2D eigenvalue weighted by Crippen LogP contribution is 2.44. The summed E-state index contributed by atoms with van der Waals surface area (Å²) in [6, 6.07) is 5.96. The van der Waals surface area contributed by atoms with E-state index in [9.17, 15) is 19.8 Å². The number of aromatic nitrogens is 2. The number of hydrogen-bond donors (Lipinski definition) is 2. The molecule has 1 aromatic carbocycles. The summed E-state index contributed by atoms with van der Waals surface area (Å²) in [7, 11) is -2.63. The zero-order chi connectivity index (χ0) is 38.6. The Morgan fingerprint density at radius 2 is 1.50 bits per heavy atom. The molecular weight excluding hydrogens is 661 g/mol. The quantitative estimate of drug-likeness (QED) is 0.0892. The standard InChI is InChI=1S/C40H70N2O6Si2/c1-27(21-19-17-18-20-22-33(43)30-23-24-32-31(25-30)41-29(3)42(32)12)36(48-50(15,16)39(7,8)9)28(2)37(46)40(10,11)34(26-35(44)45)47-49(13,14)38(4,5)6/h18,20,23-25,27-28,33-34,36,43H,17,19,21-22,26H2,1-16H3,(H,44,45)/b20-18-/t27-,28+,33-,34-,36-/m0/s1. The lowest BCUT2D eigenvalue weighted by atomic mass is 9.73. The number of aliphatic carboxylic acids is 1. The van der Waals surface area contributed by atoms with Crippen molar-refractivity contribution in [2.24, 2.45) is 24.3 Å². The lowest BCUT2D eigenvalue weighted by Gasteiger charge is -2.46. The average Bonchev–Trinajstić information content (AvgIpc) is 3.26. The minimum absolute atomic E-state index is 0.00838. The number of aliphatic hydroxyl groups excluding tert-OH is 1. The highest BCUT2D eigenvalue weighted by atomic mass is 28.4. The molecule has 0 aliphatic carbocycles. The summed E-state index contributed by atoms with van der Waals surface area (Å²) in [6.07, 6.45) is 5.49. The van der Waals surface area contributed by atoms with Crippen molar-refractivity contribution in [1.82, 2.24) is 9.55 Å². The Labute approximate surface area is 305 Å². The lowest BCUT2D eigenvalue weighted by molar-refractivity contribution is -0.146. The number of aliphatic hydroxyl groups is 1. The Balaban J connectivity index is 2.20. The van der Waals surface area contributed by atoms with Crippen LogP contribution in [0, 0.1) is 24.2 Å². The number of carboxylic acid groups (broad SMARTS) is 1. The minimum Gasteiger partial charge on any atom is -0.481 e. The van der Waals surface area contributed by atoms with E-state index < -0.39 is 46.1 Å². The first kappa shape index (κ1) is 44.0. The van der Waals surface area contributed by atoms with Gasteiger partial charge in [0.25, 0.3) is 0 Å². The van der Waals surface area contributed by atoms with Crippen molar-refractivity contribution in [2.45, 2.75) is 163 Å². The number of allylic oxidation sites excluding steroid dienone is 1. The van der Waals surface area contributed by atoms with Crippen LogP contribution in [-0.2, 0) is 25.5 Å². The van der Waals surface area contributed by atoms with Crippen molar-refractivity contribution in [1.29, 1.82) is 0 Å². The van der Waals surface area contributed by atoms with Crippen LogP contribution in [0.4, 0.5) is 0 Å². The smallest absolute Gasteiger partial charge is 0.305 e. The number of benzene rings is 1. The second-order valence-electron chi connectivity index (χ2n) is 18.3. The molecule has 2 rings (SSSR count). The number of fused-ring (bicyclic) bond motifs is 1. The molecule has 2 aromatic rings. The molecule has 0 unspecified atom stereocenters. The number of imidazole rings is 1. The van der Waals surface area contributed by atoms with Crippen LogP contribution in [0.3, 0.4) is 0 Å². The highest BCUT2D eigenvalue weighted by molar-refractivity contribution is 6.74. The number of carboxylic acids is 1. The van der Waals surface area contributed by atoms with Crippen LogP contribution in [-0.4, -0.2) is 60.4 Å². The van der Waals surface area contributed by atoms with Crippen LogP contribution in [0.1, 0.15) is 119 Å². The van der Waals surface area contributed by atoms with Gasteiger partial charge in [-0.3, -0.25) is 9.59 Å². The van der Waals surface area contributed by atoms with Gasteiger partial charge in [0.15, 0.2) is 16.6 Å². The van der Waals surface area contributed by atoms with Gasteiger partial charge >= 0.3 is 5.97 Å². The van der Waals surface area contributed by atoms with Gasteiger partial charge in [-0.2, -0.15) is 0 Å². The third kappa shape index (κ3) is 10.9. The fourth-order valence-electron chi connectivity index (χ4n) is 6.00. The molecule has 2 N–H and O–H groups in total. The van der Waals surface area contributed by atoms with Gasteiger partial charge in [0, 0.05) is 18.4 Å². The molecule has 1 aromatic heterocycles. The first-order valence-corrected chi connectivity index (χ1v) is 24.3. The largest absolute Gasteiger partial charge is 0.481 e. The molecule has 284 valence electrons. The molecule has 0 spiro atoms. The molecule has 0 amide bonds. The van der Waals surface area contributed by atoms with E-state index in [2.05, 4.69) is 85.7 Å². The minimum atomic E-state index is -2.37. The van der Waals surface area contributed by atoms with E-state index in [0.29, 0.717) is 6.42 Å². The number of rotatable bonds is 18. The van der Waals surface area contributed by atoms with Crippen molar-refractivity contribution in [3.8, 4) is 0 Å². The van der Waals surface area contributed by atoms with Gasteiger partial charge in [-0.15, -0.1) is 0 Å². The number of carbonyl (C=O) groups is 2. The number of nitrogens with zero attached hydrogens (tertiary/aromatic N) is 2. The zero-order valence-corrected chi connectivity index (χ0v) is 36.2. The summed E-state index contributed by atoms with van der Waals surface area (Å²) in [5, 5.41) is 20.6. The van der Waals surface area contributed by atoms with E-state index in [1.54, 1.807) is 0 Å². The normalized spacial score (nSPS) is 16.8. The third-order valence-electron chi connectivity index (χ3n) is 11.8. The van der Waals surface area contributed by atoms with Gasteiger partial charge in [-0.25, -0.2) is 4.98 Å². The van der Waals surface area contributed by atoms with Gasteiger partial charge in [-0.05, 0) is 92.5 Å². The molecule has 50 heavy (non-hydrogen) atoms. The average molecular weight is 731 g/mol. The molecule has 0 radical (unpaired) electrons. The van der Waals surface area contributed by atoms with E-state index in [-0.39, 0.29) is 34.3 Å². The van der Waals surface area contributed by atoms with Crippen molar-refractivity contribution in [2.75, 3.05) is 0 Å². The number of unbranched alkanes of at least 4 members (excludes halogenated alkanes) is 1. The molecular formula is C40H70N2O6Si2. The van der Waals surface area contributed by atoms with Crippen molar-refractivity contribution in [3.63, 3.8) is 0 Å².